The number of hydrogen-bond acceptors (Lipinski definition) is 3. The fourth-order valence-corrected chi connectivity index (χ4v) is 4.26. The van der Waals surface area contributed by atoms with E-state index in [0.29, 0.717) is 5.92 Å². The summed E-state index contributed by atoms with van der Waals surface area (Å²) in [6.45, 7) is 5.22. The molecular weight excluding hydrogens is 370 g/mol. The van der Waals surface area contributed by atoms with Crippen molar-refractivity contribution in [1.82, 2.24) is 14.5 Å². The van der Waals surface area contributed by atoms with Crippen LogP contribution in [0.4, 0.5) is 0 Å². The van der Waals surface area contributed by atoms with E-state index >= 15 is 0 Å². The second-order valence-corrected chi connectivity index (χ2v) is 8.39. The third-order valence-corrected chi connectivity index (χ3v) is 5.99. The molecule has 2 aromatic heterocycles. The van der Waals surface area contributed by atoms with Crippen molar-refractivity contribution in [3.63, 3.8) is 0 Å². The average molecular weight is 398 g/mol. The summed E-state index contributed by atoms with van der Waals surface area (Å²) in [5, 5.41) is 0. The summed E-state index contributed by atoms with van der Waals surface area (Å²) in [6, 6.07) is 19.1. The standard InChI is InChI=1S/C26H27N3O/c1-19-5-7-20(8-6-19)18-29-24-11-10-22(25-4-3-15-30-25)16-23(24)27-26(29)12-9-21-13-14-28(2)17-21/h3-12,15-16,21H,13-14,17-18H2,1-2H3/b12-9+. The summed E-state index contributed by atoms with van der Waals surface area (Å²) in [7, 11) is 2.19. The Bertz CT molecular complexity index is 1170. The zero-order valence-corrected chi connectivity index (χ0v) is 17.6. The lowest BCUT2D eigenvalue weighted by Crippen LogP contribution is -2.13. The fourth-order valence-electron chi connectivity index (χ4n) is 4.26. The molecule has 30 heavy (non-hydrogen) atoms. The number of benzene rings is 2. The molecule has 0 bridgehead atoms. The average Bonchev–Trinajstić information content (AvgIpc) is 3.49. The third kappa shape index (κ3) is 3.83. The van der Waals surface area contributed by atoms with Crippen LogP contribution >= 0.6 is 0 Å². The molecular formula is C26H27N3O. The Morgan fingerprint density at radius 1 is 1.13 bits per heavy atom. The van der Waals surface area contributed by atoms with E-state index in [1.165, 1.54) is 24.1 Å². The second kappa shape index (κ2) is 7.96. The van der Waals surface area contributed by atoms with Crippen molar-refractivity contribution in [1.29, 1.82) is 0 Å². The van der Waals surface area contributed by atoms with Crippen LogP contribution in [0.2, 0.25) is 0 Å². The van der Waals surface area contributed by atoms with Gasteiger partial charge in [0.25, 0.3) is 0 Å². The molecule has 1 aliphatic heterocycles. The van der Waals surface area contributed by atoms with Crippen molar-refractivity contribution in [3.05, 3.63) is 83.9 Å². The van der Waals surface area contributed by atoms with Gasteiger partial charge in [-0.1, -0.05) is 35.9 Å². The van der Waals surface area contributed by atoms with E-state index in [1.54, 1.807) is 6.26 Å². The van der Waals surface area contributed by atoms with Gasteiger partial charge in [0.2, 0.25) is 0 Å². The first kappa shape index (κ1) is 18.9. The van der Waals surface area contributed by atoms with E-state index in [1.807, 2.05) is 12.1 Å². The van der Waals surface area contributed by atoms with E-state index in [2.05, 4.69) is 78.1 Å². The molecule has 5 rings (SSSR count). The van der Waals surface area contributed by atoms with Gasteiger partial charge < -0.3 is 13.9 Å². The SMILES string of the molecule is Cc1ccc(Cn2c(/C=C/C3CCN(C)C3)nc3cc(-c4ccco4)ccc32)cc1. The Balaban J connectivity index is 1.54. The molecule has 0 aliphatic carbocycles. The smallest absolute Gasteiger partial charge is 0.133 e. The van der Waals surface area contributed by atoms with Crippen molar-refractivity contribution in [2.75, 3.05) is 20.1 Å². The van der Waals surface area contributed by atoms with E-state index < -0.39 is 0 Å². The van der Waals surface area contributed by atoms with Gasteiger partial charge in [-0.3, -0.25) is 0 Å². The quantitative estimate of drug-likeness (QED) is 0.438. The van der Waals surface area contributed by atoms with Crippen LogP contribution in [-0.4, -0.2) is 34.6 Å². The van der Waals surface area contributed by atoms with Crippen LogP contribution < -0.4 is 0 Å². The Kier molecular flexibility index (Phi) is 5.01. The van der Waals surface area contributed by atoms with Crippen molar-refractivity contribution >= 4 is 17.1 Å². The largest absolute Gasteiger partial charge is 0.464 e. The molecule has 1 saturated heterocycles. The van der Waals surface area contributed by atoms with Crippen LogP contribution in [0.3, 0.4) is 0 Å². The molecule has 3 heterocycles. The van der Waals surface area contributed by atoms with Gasteiger partial charge in [-0.25, -0.2) is 4.98 Å². The summed E-state index contributed by atoms with van der Waals surface area (Å²) >= 11 is 0. The highest BCUT2D eigenvalue weighted by atomic mass is 16.3. The molecule has 2 aromatic carbocycles. The highest BCUT2D eigenvalue weighted by molar-refractivity contribution is 5.83. The number of imidazole rings is 1. The molecule has 4 nitrogen and oxygen atoms in total. The van der Waals surface area contributed by atoms with Gasteiger partial charge >= 0.3 is 0 Å². The molecule has 1 aliphatic rings. The van der Waals surface area contributed by atoms with E-state index in [-0.39, 0.29) is 0 Å². The molecule has 0 spiro atoms. The van der Waals surface area contributed by atoms with Crippen molar-refractivity contribution < 1.29 is 4.42 Å². The highest BCUT2D eigenvalue weighted by Crippen LogP contribution is 2.27. The first-order valence-corrected chi connectivity index (χ1v) is 10.6. The van der Waals surface area contributed by atoms with Crippen molar-refractivity contribution in [2.45, 2.75) is 19.9 Å². The number of rotatable bonds is 5. The number of hydrogen-bond donors (Lipinski definition) is 0. The van der Waals surface area contributed by atoms with Gasteiger partial charge in [0.15, 0.2) is 0 Å². The minimum absolute atomic E-state index is 0.598. The van der Waals surface area contributed by atoms with Crippen LogP contribution in [-0.2, 0) is 6.54 Å². The first-order chi connectivity index (χ1) is 14.7. The number of aromatic nitrogens is 2. The van der Waals surface area contributed by atoms with Crippen LogP contribution in [0.25, 0.3) is 28.4 Å². The lowest BCUT2D eigenvalue weighted by atomic mass is 10.1. The summed E-state index contributed by atoms with van der Waals surface area (Å²) in [4.78, 5) is 7.39. The van der Waals surface area contributed by atoms with Gasteiger partial charge in [-0.2, -0.15) is 0 Å². The third-order valence-electron chi connectivity index (χ3n) is 5.99. The van der Waals surface area contributed by atoms with Crippen molar-refractivity contribution in [3.8, 4) is 11.3 Å². The molecule has 0 saturated carbocycles. The van der Waals surface area contributed by atoms with Crippen molar-refractivity contribution in [2.24, 2.45) is 5.92 Å². The van der Waals surface area contributed by atoms with E-state index in [4.69, 9.17) is 9.40 Å². The maximum Gasteiger partial charge on any atom is 0.133 e. The van der Waals surface area contributed by atoms with E-state index in [0.717, 1.165) is 41.3 Å². The minimum atomic E-state index is 0.598. The molecule has 1 atom stereocenters. The van der Waals surface area contributed by atoms with Gasteiger partial charge in [-0.15, -0.1) is 0 Å². The Morgan fingerprint density at radius 2 is 2.00 bits per heavy atom. The topological polar surface area (TPSA) is 34.2 Å². The summed E-state index contributed by atoms with van der Waals surface area (Å²) in [5.74, 6) is 2.48. The molecule has 0 N–H and O–H groups in total. The Morgan fingerprint density at radius 3 is 2.73 bits per heavy atom. The zero-order chi connectivity index (χ0) is 20.5. The molecule has 0 amide bonds. The molecule has 0 radical (unpaired) electrons. The first-order valence-electron chi connectivity index (χ1n) is 10.6. The van der Waals surface area contributed by atoms with Gasteiger partial charge in [0, 0.05) is 18.7 Å². The Hall–Kier alpha value is -3.11. The number of furan rings is 1. The number of aryl methyl sites for hydroxylation is 1. The maximum atomic E-state index is 5.58. The fraction of sp³-hybridized carbons (Fsp3) is 0.269. The van der Waals surface area contributed by atoms with Gasteiger partial charge in [0.05, 0.1) is 17.3 Å². The molecule has 4 heteroatoms. The predicted molar refractivity (Wildman–Crippen MR) is 122 cm³/mol. The number of fused-ring (bicyclic) bond motifs is 1. The molecule has 4 aromatic rings. The lowest BCUT2D eigenvalue weighted by molar-refractivity contribution is 0.408. The van der Waals surface area contributed by atoms with Crippen LogP contribution in [0.15, 0.2) is 71.4 Å². The van der Waals surface area contributed by atoms with Gasteiger partial charge in [-0.05, 0) is 74.8 Å². The second-order valence-electron chi connectivity index (χ2n) is 8.39. The monoisotopic (exact) mass is 397 g/mol. The highest BCUT2D eigenvalue weighted by Gasteiger charge is 2.17. The molecule has 152 valence electrons. The van der Waals surface area contributed by atoms with Crippen LogP contribution in [0, 0.1) is 12.8 Å². The van der Waals surface area contributed by atoms with E-state index in [9.17, 15) is 0 Å². The van der Waals surface area contributed by atoms with Crippen LogP contribution in [0.1, 0.15) is 23.4 Å². The maximum absolute atomic E-state index is 5.58. The van der Waals surface area contributed by atoms with Crippen LogP contribution in [0.5, 0.6) is 0 Å². The number of nitrogens with zero attached hydrogens (tertiary/aromatic N) is 3. The summed E-state index contributed by atoms with van der Waals surface area (Å²) in [6.07, 6.45) is 7.48. The minimum Gasteiger partial charge on any atom is -0.464 e. The normalized spacial score (nSPS) is 17.5. The zero-order valence-electron chi connectivity index (χ0n) is 17.6. The predicted octanol–water partition coefficient (Wildman–Crippen LogP) is 5.62. The lowest BCUT2D eigenvalue weighted by Gasteiger charge is -2.09. The summed E-state index contributed by atoms with van der Waals surface area (Å²) in [5.41, 5.74) is 5.77. The Labute approximate surface area is 177 Å². The van der Waals surface area contributed by atoms with Gasteiger partial charge in [0.1, 0.15) is 11.6 Å². The summed E-state index contributed by atoms with van der Waals surface area (Å²) < 4.78 is 7.90. The molecule has 1 fully saturated rings. The number of likely N-dealkylation sites (tertiary alicyclic amines) is 1. The molecule has 1 unspecified atom stereocenters.